The molecular weight excluding hydrogens is 180 g/mol. The minimum atomic E-state index is -3.40. The molecule has 0 saturated carbocycles. The minimum Gasteiger partial charge on any atom is -0.392 e. The predicted octanol–water partition coefficient (Wildman–Crippen LogP) is -0.799. The lowest BCUT2D eigenvalue weighted by Gasteiger charge is -2.08. The number of hydrogen-bond acceptors (Lipinski definition) is 3. The summed E-state index contributed by atoms with van der Waals surface area (Å²) in [7, 11) is -3.40. The maximum atomic E-state index is 11.0. The smallest absolute Gasteiger partial charge is 0.276 e. The molecule has 0 amide bonds. The maximum Gasteiger partial charge on any atom is 0.276 e. The van der Waals surface area contributed by atoms with Gasteiger partial charge in [0.1, 0.15) is 0 Å². The Bertz CT molecular complexity index is 201. The molecule has 0 unspecified atom stereocenters. The molecule has 0 spiro atoms. The first-order valence-electron chi connectivity index (χ1n) is 3.90. The Morgan fingerprint density at radius 2 is 2.00 bits per heavy atom. The van der Waals surface area contributed by atoms with E-state index in [0.717, 1.165) is 6.42 Å². The molecule has 1 atom stereocenters. The lowest BCUT2D eigenvalue weighted by molar-refractivity contribution is 0.198. The van der Waals surface area contributed by atoms with Gasteiger partial charge in [0.15, 0.2) is 0 Å². The van der Waals surface area contributed by atoms with Crippen molar-refractivity contribution < 1.29 is 13.5 Å². The van der Waals surface area contributed by atoms with Crippen LogP contribution in [0.15, 0.2) is 0 Å². The summed E-state index contributed by atoms with van der Waals surface area (Å²) in [5.74, 6) is 0. The van der Waals surface area contributed by atoms with E-state index in [1.54, 1.807) is 0 Å². The van der Waals surface area contributed by atoms with Crippen molar-refractivity contribution in [1.29, 1.82) is 0 Å². The molecule has 0 radical (unpaired) electrons. The van der Waals surface area contributed by atoms with Gasteiger partial charge in [0.2, 0.25) is 0 Å². The van der Waals surface area contributed by atoms with Crippen LogP contribution in [0.3, 0.4) is 0 Å². The topological polar surface area (TPSA) is 78.4 Å². The molecule has 0 heterocycles. The van der Waals surface area contributed by atoms with Crippen LogP contribution < -0.4 is 9.44 Å². The minimum absolute atomic E-state index is 0.0407. The van der Waals surface area contributed by atoms with Crippen LogP contribution in [0.5, 0.6) is 0 Å². The molecule has 3 N–H and O–H groups in total. The molecule has 0 aromatic carbocycles. The van der Waals surface area contributed by atoms with Crippen molar-refractivity contribution in [2.75, 3.05) is 13.1 Å². The molecule has 0 aliphatic rings. The van der Waals surface area contributed by atoms with Gasteiger partial charge in [0.05, 0.1) is 6.10 Å². The van der Waals surface area contributed by atoms with Gasteiger partial charge in [-0.3, -0.25) is 0 Å². The molecule has 74 valence electrons. The molecule has 0 rings (SSSR count). The van der Waals surface area contributed by atoms with Crippen LogP contribution in [0.2, 0.25) is 0 Å². The normalized spacial score (nSPS) is 14.6. The number of hydrogen-bond donors (Lipinski definition) is 3. The molecule has 0 aromatic heterocycles. The van der Waals surface area contributed by atoms with Gasteiger partial charge < -0.3 is 5.11 Å². The van der Waals surface area contributed by atoms with Crippen LogP contribution in [-0.2, 0) is 10.2 Å². The highest BCUT2D eigenvalue weighted by molar-refractivity contribution is 7.87. The van der Waals surface area contributed by atoms with Gasteiger partial charge in [-0.25, -0.2) is 4.72 Å². The van der Waals surface area contributed by atoms with E-state index in [-0.39, 0.29) is 6.54 Å². The fourth-order valence-corrected chi connectivity index (χ4v) is 1.55. The van der Waals surface area contributed by atoms with Gasteiger partial charge in [-0.1, -0.05) is 6.92 Å². The third-order valence-corrected chi connectivity index (χ3v) is 2.24. The van der Waals surface area contributed by atoms with Crippen LogP contribution >= 0.6 is 0 Å². The monoisotopic (exact) mass is 196 g/mol. The fourth-order valence-electron chi connectivity index (χ4n) is 0.518. The van der Waals surface area contributed by atoms with Gasteiger partial charge in [-0.15, -0.1) is 0 Å². The Kier molecular flexibility index (Phi) is 5.39. The fraction of sp³-hybridized carbons (Fsp3) is 1.00. The average molecular weight is 196 g/mol. The highest BCUT2D eigenvalue weighted by Crippen LogP contribution is 1.81. The second-order valence-electron chi connectivity index (χ2n) is 2.60. The summed E-state index contributed by atoms with van der Waals surface area (Å²) < 4.78 is 26.4. The van der Waals surface area contributed by atoms with Crippen molar-refractivity contribution in [2.45, 2.75) is 26.4 Å². The summed E-state index contributed by atoms with van der Waals surface area (Å²) in [5, 5.41) is 8.79. The first-order valence-corrected chi connectivity index (χ1v) is 5.38. The Morgan fingerprint density at radius 1 is 1.42 bits per heavy atom. The third kappa shape index (κ3) is 6.53. The summed E-state index contributed by atoms with van der Waals surface area (Å²) >= 11 is 0. The molecule has 12 heavy (non-hydrogen) atoms. The van der Waals surface area contributed by atoms with E-state index >= 15 is 0 Å². The molecular formula is C6H16N2O3S. The van der Waals surface area contributed by atoms with Crippen LogP contribution in [0.25, 0.3) is 0 Å². The molecule has 0 saturated heterocycles. The van der Waals surface area contributed by atoms with Crippen LogP contribution in [0, 0.1) is 0 Å². The summed E-state index contributed by atoms with van der Waals surface area (Å²) in [6.07, 6.45) is 0.0819. The molecule has 0 bridgehead atoms. The van der Waals surface area contributed by atoms with Gasteiger partial charge >= 0.3 is 0 Å². The standard InChI is InChI=1S/C6H16N2O3S/c1-3-4-7-12(10,11)8-5-6(2)9/h6-9H,3-5H2,1-2H3/t6-/m0/s1. The summed E-state index contributed by atoms with van der Waals surface area (Å²) in [6, 6.07) is 0. The van der Waals surface area contributed by atoms with E-state index in [2.05, 4.69) is 9.44 Å². The summed E-state index contributed by atoms with van der Waals surface area (Å²) in [4.78, 5) is 0. The maximum absolute atomic E-state index is 11.0. The number of nitrogens with one attached hydrogen (secondary N) is 2. The van der Waals surface area contributed by atoms with Gasteiger partial charge in [0, 0.05) is 13.1 Å². The highest BCUT2D eigenvalue weighted by Gasteiger charge is 2.08. The molecule has 5 nitrogen and oxygen atoms in total. The van der Waals surface area contributed by atoms with Gasteiger partial charge in [-0.2, -0.15) is 13.1 Å². The zero-order chi connectivity index (χ0) is 9.61. The highest BCUT2D eigenvalue weighted by atomic mass is 32.2. The molecule has 0 aliphatic heterocycles. The quantitative estimate of drug-likeness (QED) is 0.520. The Labute approximate surface area is 73.4 Å². The van der Waals surface area contributed by atoms with E-state index < -0.39 is 16.3 Å². The summed E-state index contributed by atoms with van der Waals surface area (Å²) in [6.45, 7) is 3.84. The van der Waals surface area contributed by atoms with Crippen molar-refractivity contribution in [1.82, 2.24) is 9.44 Å². The Morgan fingerprint density at radius 3 is 2.42 bits per heavy atom. The Balaban J connectivity index is 3.73. The van der Waals surface area contributed by atoms with Crippen molar-refractivity contribution >= 4 is 10.2 Å². The summed E-state index contributed by atoms with van der Waals surface area (Å²) in [5.41, 5.74) is 0. The first-order chi connectivity index (χ1) is 5.48. The van der Waals surface area contributed by atoms with Crippen molar-refractivity contribution in [2.24, 2.45) is 0 Å². The van der Waals surface area contributed by atoms with E-state index in [9.17, 15) is 8.42 Å². The van der Waals surface area contributed by atoms with E-state index in [0.29, 0.717) is 6.54 Å². The second-order valence-corrected chi connectivity index (χ2v) is 4.18. The van der Waals surface area contributed by atoms with Gasteiger partial charge in [-0.05, 0) is 13.3 Å². The van der Waals surface area contributed by atoms with E-state index in [1.165, 1.54) is 6.92 Å². The second kappa shape index (κ2) is 5.47. The first kappa shape index (κ1) is 11.8. The molecule has 0 fully saturated rings. The lowest BCUT2D eigenvalue weighted by atomic mass is 10.4. The SMILES string of the molecule is CCCNS(=O)(=O)NC[C@H](C)O. The van der Waals surface area contributed by atoms with E-state index in [4.69, 9.17) is 5.11 Å². The van der Waals surface area contributed by atoms with Crippen LogP contribution in [0.1, 0.15) is 20.3 Å². The lowest BCUT2D eigenvalue weighted by Crippen LogP contribution is -2.40. The zero-order valence-electron chi connectivity index (χ0n) is 7.37. The van der Waals surface area contributed by atoms with Crippen molar-refractivity contribution in [3.63, 3.8) is 0 Å². The zero-order valence-corrected chi connectivity index (χ0v) is 8.19. The number of aliphatic hydroxyl groups is 1. The van der Waals surface area contributed by atoms with Crippen LogP contribution in [-0.4, -0.2) is 32.7 Å². The number of rotatable bonds is 6. The molecule has 0 aromatic rings. The number of aliphatic hydroxyl groups excluding tert-OH is 1. The Hall–Kier alpha value is -0.170. The van der Waals surface area contributed by atoms with Crippen molar-refractivity contribution in [3.8, 4) is 0 Å². The van der Waals surface area contributed by atoms with Crippen molar-refractivity contribution in [3.05, 3.63) is 0 Å². The average Bonchev–Trinajstić information content (AvgIpc) is 1.98. The third-order valence-electron chi connectivity index (χ3n) is 1.11. The largest absolute Gasteiger partial charge is 0.392 e. The van der Waals surface area contributed by atoms with Gasteiger partial charge in [0.25, 0.3) is 10.2 Å². The molecule has 6 heteroatoms. The van der Waals surface area contributed by atoms with Crippen LogP contribution in [0.4, 0.5) is 0 Å². The van der Waals surface area contributed by atoms with E-state index in [1.807, 2.05) is 6.92 Å². The predicted molar refractivity (Wildman–Crippen MR) is 46.9 cm³/mol. The molecule has 0 aliphatic carbocycles.